The lowest BCUT2D eigenvalue weighted by Gasteiger charge is -2.13. The molecule has 4 aromatic rings. The fraction of sp³-hybridized carbons (Fsp3) is 0.200. The Morgan fingerprint density at radius 2 is 0.795 bits per heavy atom. The van der Waals surface area contributed by atoms with Crippen LogP contribution in [0.5, 0.6) is 23.0 Å². The molecular formula is C30H32N4O10. The second-order valence-corrected chi connectivity index (χ2v) is 8.73. The summed E-state index contributed by atoms with van der Waals surface area (Å²) in [7, 11) is 2.56. The van der Waals surface area contributed by atoms with E-state index in [1.165, 1.54) is 14.2 Å². The molecule has 0 aromatic heterocycles. The molecule has 4 rings (SSSR count). The zero-order valence-corrected chi connectivity index (χ0v) is 24.0. The van der Waals surface area contributed by atoms with Crippen molar-refractivity contribution in [1.82, 2.24) is 10.9 Å². The lowest BCUT2D eigenvalue weighted by atomic mass is 10.1. The Labute approximate surface area is 252 Å². The minimum Gasteiger partial charge on any atom is -0.480 e. The van der Waals surface area contributed by atoms with E-state index in [2.05, 4.69) is 9.47 Å². The fourth-order valence-corrected chi connectivity index (χ4v) is 3.61. The standard InChI is InChI=1S/C16H16O6.C14H16N4O4/c1-19-15(17)9-21-13-7-11-5-3-4-6-12(11)8-14(13)22-10-16(18)20-2;15-17-13(19)7-21-11-5-9-3-1-2-4-10(9)6-12(11)22-8-14(20)18-16/h3-8H,9-10H2,1-2H3;1-6H,7-8,15-16H2,(H,17,19)(H,18,20). The summed E-state index contributed by atoms with van der Waals surface area (Å²) in [4.78, 5) is 44.8. The summed E-state index contributed by atoms with van der Waals surface area (Å²) in [6, 6.07) is 22.0. The fourth-order valence-electron chi connectivity index (χ4n) is 3.61. The Balaban J connectivity index is 0.000000240. The van der Waals surface area contributed by atoms with E-state index in [1.54, 1.807) is 24.3 Å². The number of nitrogens with two attached hydrogens (primary N) is 2. The quantitative estimate of drug-likeness (QED) is 0.0783. The van der Waals surface area contributed by atoms with E-state index in [1.807, 2.05) is 59.4 Å². The molecule has 0 aliphatic rings. The Morgan fingerprint density at radius 1 is 0.523 bits per heavy atom. The molecule has 0 fully saturated rings. The van der Waals surface area contributed by atoms with Crippen LogP contribution in [0.1, 0.15) is 0 Å². The molecule has 14 heteroatoms. The summed E-state index contributed by atoms with van der Waals surface area (Å²) in [6.45, 7) is -1.03. The molecular weight excluding hydrogens is 576 g/mol. The number of esters is 2. The summed E-state index contributed by atoms with van der Waals surface area (Å²) in [5, 5.41) is 3.66. The minimum absolute atomic E-state index is 0.247. The second-order valence-electron chi connectivity index (χ2n) is 8.73. The van der Waals surface area contributed by atoms with E-state index in [9.17, 15) is 19.2 Å². The SMILES string of the molecule is COC(=O)COc1cc2ccccc2cc1OCC(=O)OC.NNC(=O)COc1cc2ccccc2cc1OCC(=O)NN. The summed E-state index contributed by atoms with van der Waals surface area (Å²) in [5.41, 5.74) is 3.93. The molecule has 44 heavy (non-hydrogen) atoms. The van der Waals surface area contributed by atoms with E-state index < -0.39 is 23.8 Å². The third kappa shape index (κ3) is 9.75. The van der Waals surface area contributed by atoms with Gasteiger partial charge in [-0.1, -0.05) is 48.5 Å². The van der Waals surface area contributed by atoms with Crippen LogP contribution in [0.15, 0.2) is 72.8 Å². The maximum atomic E-state index is 11.2. The lowest BCUT2D eigenvalue weighted by Crippen LogP contribution is -2.35. The molecule has 0 aliphatic heterocycles. The number of carbonyl (C=O) groups is 4. The average molecular weight is 609 g/mol. The van der Waals surface area contributed by atoms with Gasteiger partial charge >= 0.3 is 11.9 Å². The zero-order valence-electron chi connectivity index (χ0n) is 24.0. The van der Waals surface area contributed by atoms with E-state index in [0.29, 0.717) is 23.0 Å². The van der Waals surface area contributed by atoms with Gasteiger partial charge in [0.15, 0.2) is 49.4 Å². The predicted octanol–water partition coefficient (Wildman–Crippen LogP) is 1.52. The summed E-state index contributed by atoms with van der Waals surface area (Å²) in [5.74, 6) is 9.38. The number of carbonyl (C=O) groups excluding carboxylic acids is 4. The van der Waals surface area contributed by atoms with Crippen LogP contribution >= 0.6 is 0 Å². The second kappa shape index (κ2) is 16.7. The number of hydrazine groups is 2. The molecule has 0 saturated heterocycles. The number of hydrogen-bond acceptors (Lipinski definition) is 12. The molecule has 0 heterocycles. The van der Waals surface area contributed by atoms with Crippen LogP contribution in [0.4, 0.5) is 0 Å². The van der Waals surface area contributed by atoms with E-state index in [4.69, 9.17) is 30.6 Å². The van der Waals surface area contributed by atoms with Crippen LogP contribution in [-0.4, -0.2) is 64.4 Å². The smallest absolute Gasteiger partial charge is 0.343 e. The summed E-state index contributed by atoms with van der Waals surface area (Å²) >= 11 is 0. The number of ether oxygens (including phenoxy) is 6. The molecule has 0 aliphatic carbocycles. The lowest BCUT2D eigenvalue weighted by molar-refractivity contribution is -0.144. The van der Waals surface area contributed by atoms with Gasteiger partial charge in [-0.25, -0.2) is 21.3 Å². The highest BCUT2D eigenvalue weighted by atomic mass is 16.6. The monoisotopic (exact) mass is 608 g/mol. The number of rotatable bonds is 12. The largest absolute Gasteiger partial charge is 0.480 e. The summed E-state index contributed by atoms with van der Waals surface area (Å²) < 4.78 is 30.7. The highest BCUT2D eigenvalue weighted by Gasteiger charge is 2.13. The highest BCUT2D eigenvalue weighted by molar-refractivity contribution is 5.87. The van der Waals surface area contributed by atoms with Crippen LogP contribution in [-0.2, 0) is 28.7 Å². The van der Waals surface area contributed by atoms with E-state index in [-0.39, 0.29) is 26.4 Å². The third-order valence-electron chi connectivity index (χ3n) is 5.81. The van der Waals surface area contributed by atoms with Crippen LogP contribution in [0.2, 0.25) is 0 Å². The number of hydrogen-bond donors (Lipinski definition) is 4. The normalized spacial score (nSPS) is 10.1. The topological polar surface area (TPSA) is 200 Å². The number of amides is 2. The Kier molecular flexibility index (Phi) is 12.5. The molecule has 14 nitrogen and oxygen atoms in total. The van der Waals surface area contributed by atoms with E-state index in [0.717, 1.165) is 21.5 Å². The van der Waals surface area contributed by atoms with Crippen molar-refractivity contribution in [2.24, 2.45) is 11.7 Å². The predicted molar refractivity (Wildman–Crippen MR) is 159 cm³/mol. The van der Waals surface area contributed by atoms with Gasteiger partial charge in [0.1, 0.15) is 0 Å². The number of fused-ring (bicyclic) bond motifs is 2. The molecule has 0 radical (unpaired) electrons. The molecule has 0 spiro atoms. The van der Waals surface area contributed by atoms with Crippen molar-refractivity contribution in [3.8, 4) is 23.0 Å². The third-order valence-corrected chi connectivity index (χ3v) is 5.81. The first kappa shape index (κ1) is 32.9. The minimum atomic E-state index is -0.507. The van der Waals surface area contributed by atoms with Gasteiger partial charge in [-0.15, -0.1) is 0 Å². The molecule has 6 N–H and O–H groups in total. The van der Waals surface area contributed by atoms with Crippen LogP contribution in [0.3, 0.4) is 0 Å². The number of nitrogens with one attached hydrogen (secondary N) is 2. The maximum absolute atomic E-state index is 11.2. The first-order valence-corrected chi connectivity index (χ1v) is 13.0. The molecule has 0 unspecified atom stereocenters. The maximum Gasteiger partial charge on any atom is 0.343 e. The van der Waals surface area contributed by atoms with Crippen LogP contribution in [0.25, 0.3) is 21.5 Å². The van der Waals surface area contributed by atoms with Gasteiger partial charge in [0.05, 0.1) is 14.2 Å². The van der Waals surface area contributed by atoms with Crippen LogP contribution in [0, 0.1) is 0 Å². The molecule has 0 atom stereocenters. The van der Waals surface area contributed by atoms with E-state index >= 15 is 0 Å². The van der Waals surface area contributed by atoms with Crippen molar-refractivity contribution >= 4 is 45.3 Å². The van der Waals surface area contributed by atoms with Crippen LogP contribution < -0.4 is 41.5 Å². The Hall–Kier alpha value is -5.60. The average Bonchev–Trinajstić information content (AvgIpc) is 3.06. The van der Waals surface area contributed by atoms with Gasteiger partial charge in [0, 0.05) is 0 Å². The van der Waals surface area contributed by atoms with Gasteiger partial charge < -0.3 is 28.4 Å². The van der Waals surface area contributed by atoms with Gasteiger partial charge in [-0.3, -0.25) is 20.4 Å². The van der Waals surface area contributed by atoms with Crippen molar-refractivity contribution in [3.05, 3.63) is 72.8 Å². The molecule has 232 valence electrons. The molecule has 0 bridgehead atoms. The van der Waals surface area contributed by atoms with Crippen molar-refractivity contribution in [1.29, 1.82) is 0 Å². The Bertz CT molecular complexity index is 1380. The Morgan fingerprint density at radius 3 is 1.05 bits per heavy atom. The highest BCUT2D eigenvalue weighted by Crippen LogP contribution is 2.33. The first-order valence-electron chi connectivity index (χ1n) is 13.0. The molecule has 2 amide bonds. The number of benzene rings is 4. The van der Waals surface area contributed by atoms with Gasteiger partial charge in [-0.05, 0) is 45.8 Å². The number of methoxy groups -OCH3 is 2. The first-order chi connectivity index (χ1) is 21.3. The van der Waals surface area contributed by atoms with Crippen molar-refractivity contribution in [2.75, 3.05) is 40.6 Å². The van der Waals surface area contributed by atoms with Crippen molar-refractivity contribution in [2.45, 2.75) is 0 Å². The summed E-state index contributed by atoms with van der Waals surface area (Å²) in [6.07, 6.45) is 0. The van der Waals surface area contributed by atoms with Gasteiger partial charge in [0.25, 0.3) is 11.8 Å². The zero-order chi connectivity index (χ0) is 31.9. The van der Waals surface area contributed by atoms with Gasteiger partial charge in [-0.2, -0.15) is 0 Å². The molecule has 0 saturated carbocycles. The van der Waals surface area contributed by atoms with Crippen molar-refractivity contribution < 1.29 is 47.6 Å². The molecule has 4 aromatic carbocycles. The van der Waals surface area contributed by atoms with Gasteiger partial charge in [0.2, 0.25) is 0 Å². The van der Waals surface area contributed by atoms with Crippen molar-refractivity contribution in [3.63, 3.8) is 0 Å².